The van der Waals surface area contributed by atoms with Crippen molar-refractivity contribution in [3.8, 4) is 0 Å². The van der Waals surface area contributed by atoms with Gasteiger partial charge in [0, 0.05) is 11.7 Å². The highest BCUT2D eigenvalue weighted by molar-refractivity contribution is 8.00. The van der Waals surface area contributed by atoms with Crippen LogP contribution in [-0.2, 0) is 6.42 Å². The van der Waals surface area contributed by atoms with Gasteiger partial charge in [-0.1, -0.05) is 42.3 Å². The molecule has 0 aromatic heterocycles. The van der Waals surface area contributed by atoms with E-state index in [1.807, 2.05) is 23.9 Å². The highest BCUT2D eigenvalue weighted by atomic mass is 35.5. The Morgan fingerprint density at radius 2 is 2.25 bits per heavy atom. The Hall–Kier alpha value is 0.110. The maximum atomic E-state index is 10.5. The van der Waals surface area contributed by atoms with Gasteiger partial charge in [-0.2, -0.15) is 11.8 Å². The molecular weight excluding hydrogens is 263 g/mol. The van der Waals surface area contributed by atoms with Crippen molar-refractivity contribution in [1.29, 1.82) is 0 Å². The van der Waals surface area contributed by atoms with Crippen LogP contribution in [0.25, 0.3) is 0 Å². The van der Waals surface area contributed by atoms with Crippen molar-refractivity contribution in [2.24, 2.45) is 0 Å². The van der Waals surface area contributed by atoms with E-state index in [-0.39, 0.29) is 5.25 Å². The normalized spacial score (nSPS) is 29.6. The summed E-state index contributed by atoms with van der Waals surface area (Å²) in [6, 6.07) is 5.58. The molecule has 0 aliphatic carbocycles. The van der Waals surface area contributed by atoms with Gasteiger partial charge in [0.25, 0.3) is 0 Å². The quantitative estimate of drug-likeness (QED) is 0.887. The van der Waals surface area contributed by atoms with E-state index >= 15 is 0 Å². The predicted octanol–water partition coefficient (Wildman–Crippen LogP) is 3.79. The summed E-state index contributed by atoms with van der Waals surface area (Å²) >= 11 is 13.9. The van der Waals surface area contributed by atoms with Crippen LogP contribution in [0.1, 0.15) is 18.9 Å². The van der Waals surface area contributed by atoms with Gasteiger partial charge in [0.05, 0.1) is 15.6 Å². The van der Waals surface area contributed by atoms with Crippen LogP contribution in [0.5, 0.6) is 0 Å². The highest BCUT2D eigenvalue weighted by Gasteiger charge is 2.39. The summed E-state index contributed by atoms with van der Waals surface area (Å²) in [5.41, 5.74) is 0.296. The molecule has 1 N–H and O–H groups in total. The lowest BCUT2D eigenvalue weighted by atomic mass is 9.89. The second-order valence-corrected chi connectivity index (χ2v) is 6.49. The molecule has 16 heavy (non-hydrogen) atoms. The smallest absolute Gasteiger partial charge is 0.0811 e. The number of thioether (sulfide) groups is 1. The fourth-order valence-electron chi connectivity index (χ4n) is 2.02. The lowest BCUT2D eigenvalue weighted by Gasteiger charge is -2.27. The van der Waals surface area contributed by atoms with E-state index in [1.165, 1.54) is 0 Å². The van der Waals surface area contributed by atoms with E-state index in [1.54, 1.807) is 6.07 Å². The monoisotopic (exact) mass is 276 g/mol. The molecule has 2 unspecified atom stereocenters. The molecule has 1 aliphatic heterocycles. The highest BCUT2D eigenvalue weighted by Crippen LogP contribution is 2.39. The van der Waals surface area contributed by atoms with E-state index in [0.717, 1.165) is 17.7 Å². The Morgan fingerprint density at radius 1 is 1.50 bits per heavy atom. The lowest BCUT2D eigenvalue weighted by Crippen LogP contribution is -2.37. The van der Waals surface area contributed by atoms with E-state index in [0.29, 0.717) is 16.5 Å². The molecule has 88 valence electrons. The van der Waals surface area contributed by atoms with Gasteiger partial charge in [-0.25, -0.2) is 0 Å². The molecule has 0 radical (unpaired) electrons. The Balaban J connectivity index is 2.24. The summed E-state index contributed by atoms with van der Waals surface area (Å²) in [6.45, 7) is 2.07. The van der Waals surface area contributed by atoms with Crippen molar-refractivity contribution in [1.82, 2.24) is 0 Å². The van der Waals surface area contributed by atoms with Gasteiger partial charge in [0.1, 0.15) is 0 Å². The Labute approximate surface area is 110 Å². The van der Waals surface area contributed by atoms with Crippen LogP contribution in [0.3, 0.4) is 0 Å². The third-order valence-corrected chi connectivity index (χ3v) is 5.42. The van der Waals surface area contributed by atoms with Crippen molar-refractivity contribution in [2.45, 2.75) is 30.6 Å². The van der Waals surface area contributed by atoms with E-state index in [9.17, 15) is 5.11 Å². The zero-order chi connectivity index (χ0) is 11.8. The first-order valence-electron chi connectivity index (χ1n) is 5.30. The standard InChI is InChI=1S/C12H14Cl2OS/c1-8-12(15,5-6-16-8)7-9-3-2-4-10(13)11(9)14/h2-4,8,15H,5-7H2,1H3. The molecule has 1 fully saturated rings. The number of benzene rings is 1. The predicted molar refractivity (Wildman–Crippen MR) is 71.7 cm³/mol. The van der Waals surface area contributed by atoms with Crippen LogP contribution in [-0.4, -0.2) is 21.7 Å². The van der Waals surface area contributed by atoms with Crippen LogP contribution in [0.2, 0.25) is 10.0 Å². The van der Waals surface area contributed by atoms with Crippen LogP contribution < -0.4 is 0 Å². The minimum Gasteiger partial charge on any atom is -0.388 e. The number of aliphatic hydroxyl groups is 1. The summed E-state index contributed by atoms with van der Waals surface area (Å²) < 4.78 is 0. The number of rotatable bonds is 2. The maximum Gasteiger partial charge on any atom is 0.0811 e. The molecule has 0 bridgehead atoms. The Bertz CT molecular complexity index is 397. The molecule has 2 atom stereocenters. The van der Waals surface area contributed by atoms with E-state index in [2.05, 4.69) is 6.92 Å². The van der Waals surface area contributed by atoms with Crippen molar-refractivity contribution < 1.29 is 5.11 Å². The average molecular weight is 277 g/mol. The van der Waals surface area contributed by atoms with Crippen molar-refractivity contribution in [2.75, 3.05) is 5.75 Å². The fraction of sp³-hybridized carbons (Fsp3) is 0.500. The van der Waals surface area contributed by atoms with Crippen molar-refractivity contribution in [3.05, 3.63) is 33.8 Å². The number of halogens is 2. The van der Waals surface area contributed by atoms with E-state index in [4.69, 9.17) is 23.2 Å². The molecule has 1 nitrogen and oxygen atoms in total. The fourth-order valence-corrected chi connectivity index (χ4v) is 3.74. The van der Waals surface area contributed by atoms with Gasteiger partial charge in [0.2, 0.25) is 0 Å². The van der Waals surface area contributed by atoms with Crippen LogP contribution >= 0.6 is 35.0 Å². The molecule has 1 aromatic rings. The maximum absolute atomic E-state index is 10.5. The first-order chi connectivity index (χ1) is 7.53. The van der Waals surface area contributed by atoms with Crippen LogP contribution in [0, 0.1) is 0 Å². The summed E-state index contributed by atoms with van der Waals surface area (Å²) in [5, 5.41) is 11.9. The first kappa shape index (κ1) is 12.6. The van der Waals surface area contributed by atoms with Gasteiger partial charge in [-0.05, 0) is 23.8 Å². The molecule has 0 spiro atoms. The third kappa shape index (κ3) is 2.35. The second kappa shape index (κ2) is 4.77. The van der Waals surface area contributed by atoms with Gasteiger partial charge >= 0.3 is 0 Å². The largest absolute Gasteiger partial charge is 0.388 e. The molecule has 1 aromatic carbocycles. The summed E-state index contributed by atoms with van der Waals surface area (Å²) in [7, 11) is 0. The van der Waals surface area contributed by atoms with Gasteiger partial charge in [0.15, 0.2) is 0 Å². The van der Waals surface area contributed by atoms with Gasteiger partial charge in [-0.3, -0.25) is 0 Å². The summed E-state index contributed by atoms with van der Waals surface area (Å²) in [4.78, 5) is 0. The van der Waals surface area contributed by atoms with Crippen LogP contribution in [0.15, 0.2) is 18.2 Å². The van der Waals surface area contributed by atoms with E-state index < -0.39 is 5.60 Å². The van der Waals surface area contributed by atoms with Gasteiger partial charge in [-0.15, -0.1) is 0 Å². The summed E-state index contributed by atoms with van der Waals surface area (Å²) in [5.74, 6) is 1.01. The van der Waals surface area contributed by atoms with Gasteiger partial charge < -0.3 is 5.11 Å². The first-order valence-corrected chi connectivity index (χ1v) is 7.10. The Morgan fingerprint density at radius 3 is 2.88 bits per heavy atom. The molecule has 1 heterocycles. The molecule has 0 amide bonds. The molecule has 4 heteroatoms. The summed E-state index contributed by atoms with van der Waals surface area (Å²) in [6.07, 6.45) is 1.40. The topological polar surface area (TPSA) is 20.2 Å². The lowest BCUT2D eigenvalue weighted by molar-refractivity contribution is 0.0465. The average Bonchev–Trinajstić information content (AvgIpc) is 2.55. The SMILES string of the molecule is CC1SCCC1(O)Cc1cccc(Cl)c1Cl. The number of hydrogen-bond acceptors (Lipinski definition) is 2. The zero-order valence-corrected chi connectivity index (χ0v) is 11.4. The molecule has 1 saturated heterocycles. The zero-order valence-electron chi connectivity index (χ0n) is 9.04. The van der Waals surface area contributed by atoms with Crippen molar-refractivity contribution >= 4 is 35.0 Å². The third-order valence-electron chi connectivity index (χ3n) is 3.19. The molecule has 1 aliphatic rings. The molecule has 2 rings (SSSR count). The second-order valence-electron chi connectivity index (χ2n) is 4.26. The Kier molecular flexibility index (Phi) is 3.75. The van der Waals surface area contributed by atoms with Crippen molar-refractivity contribution in [3.63, 3.8) is 0 Å². The molecular formula is C12H14Cl2OS. The minimum atomic E-state index is -0.640. The van der Waals surface area contributed by atoms with Crippen LogP contribution in [0.4, 0.5) is 0 Å². The molecule has 0 saturated carbocycles. The number of hydrogen-bond donors (Lipinski definition) is 1. The minimum absolute atomic E-state index is 0.252.